The van der Waals surface area contributed by atoms with Gasteiger partial charge in [0.15, 0.2) is 0 Å². The second-order valence-corrected chi connectivity index (χ2v) is 6.51. The van der Waals surface area contributed by atoms with Crippen molar-refractivity contribution in [2.24, 2.45) is 0 Å². The highest BCUT2D eigenvalue weighted by Crippen LogP contribution is 2.31. The summed E-state index contributed by atoms with van der Waals surface area (Å²) in [6, 6.07) is 15.6. The normalized spacial score (nSPS) is 13.0. The average Bonchev–Trinajstić information content (AvgIpc) is 2.56. The number of nitrogens with zero attached hydrogens (tertiary/aromatic N) is 1. The molecule has 0 bridgehead atoms. The van der Waals surface area contributed by atoms with E-state index < -0.39 is 16.4 Å². The van der Waals surface area contributed by atoms with E-state index >= 15 is 0 Å². The highest BCUT2D eigenvalue weighted by atomic mass is 32.2. The van der Waals surface area contributed by atoms with Crippen molar-refractivity contribution in [2.45, 2.75) is 20.0 Å². The van der Waals surface area contributed by atoms with Gasteiger partial charge < -0.3 is 9.29 Å². The fourth-order valence-corrected chi connectivity index (χ4v) is 3.42. The smallest absolute Gasteiger partial charge is 0.384 e. The van der Waals surface area contributed by atoms with Crippen molar-refractivity contribution in [2.75, 3.05) is 13.1 Å². The van der Waals surface area contributed by atoms with Crippen molar-refractivity contribution >= 4 is 10.3 Å². The van der Waals surface area contributed by atoms with Crippen molar-refractivity contribution < 1.29 is 17.7 Å². The van der Waals surface area contributed by atoms with Gasteiger partial charge in [-0.3, -0.25) is 0 Å². The van der Waals surface area contributed by atoms with Crippen LogP contribution >= 0.6 is 0 Å². The van der Waals surface area contributed by atoms with Crippen LogP contribution in [0.2, 0.25) is 0 Å². The Balaban J connectivity index is 2.35. The Morgan fingerprint density at radius 2 is 1.57 bits per heavy atom. The van der Waals surface area contributed by atoms with Gasteiger partial charge in [-0.1, -0.05) is 62.4 Å². The van der Waals surface area contributed by atoms with Crippen LogP contribution in [0, 0.1) is 0 Å². The van der Waals surface area contributed by atoms with Crippen LogP contribution in [0.4, 0.5) is 0 Å². The lowest BCUT2D eigenvalue weighted by molar-refractivity contribution is 0.217. The lowest BCUT2D eigenvalue weighted by Gasteiger charge is -2.21. The number of hydrogen-bond acceptors (Lipinski definition) is 4. The third-order valence-corrected chi connectivity index (χ3v) is 5.08. The van der Waals surface area contributed by atoms with Crippen LogP contribution < -0.4 is 4.18 Å². The molecule has 0 saturated carbocycles. The molecule has 23 heavy (non-hydrogen) atoms. The molecule has 2 rings (SSSR count). The Morgan fingerprint density at radius 1 is 1.00 bits per heavy atom. The zero-order chi connectivity index (χ0) is 16.9. The number of hydrogen-bond donors (Lipinski definition) is 1. The van der Waals surface area contributed by atoms with Crippen LogP contribution in [0.25, 0.3) is 0 Å². The molecule has 0 aliphatic carbocycles. The minimum atomic E-state index is -3.89. The van der Waals surface area contributed by atoms with Crippen LogP contribution in [0.15, 0.2) is 54.6 Å². The Kier molecular flexibility index (Phi) is 5.76. The first kappa shape index (κ1) is 17.5. The van der Waals surface area contributed by atoms with Gasteiger partial charge in [-0.05, 0) is 11.6 Å². The SMILES string of the molecule is CCN(CC)S(=O)(=O)Oc1ccccc1C(O)c1ccccc1. The maximum absolute atomic E-state index is 12.3. The summed E-state index contributed by atoms with van der Waals surface area (Å²) >= 11 is 0. The van der Waals surface area contributed by atoms with Gasteiger partial charge in [0.1, 0.15) is 11.9 Å². The quantitative estimate of drug-likeness (QED) is 0.845. The molecule has 0 radical (unpaired) electrons. The molecule has 2 aromatic rings. The lowest BCUT2D eigenvalue weighted by Crippen LogP contribution is -2.34. The second-order valence-electron chi connectivity index (χ2n) is 4.98. The molecule has 1 unspecified atom stereocenters. The van der Waals surface area contributed by atoms with Crippen molar-refractivity contribution in [3.63, 3.8) is 0 Å². The first-order chi connectivity index (χ1) is 11.0. The first-order valence-electron chi connectivity index (χ1n) is 7.51. The van der Waals surface area contributed by atoms with Crippen LogP contribution in [0.1, 0.15) is 31.1 Å². The van der Waals surface area contributed by atoms with E-state index in [0.717, 1.165) is 0 Å². The molecule has 0 aliphatic rings. The fraction of sp³-hybridized carbons (Fsp3) is 0.294. The predicted octanol–water partition coefficient (Wildman–Crippen LogP) is 2.73. The van der Waals surface area contributed by atoms with Gasteiger partial charge in [0.05, 0.1) is 0 Å². The zero-order valence-corrected chi connectivity index (χ0v) is 14.0. The molecule has 0 spiro atoms. The summed E-state index contributed by atoms with van der Waals surface area (Å²) < 4.78 is 31.1. The number of para-hydroxylation sites is 1. The third kappa shape index (κ3) is 4.10. The van der Waals surface area contributed by atoms with E-state index in [0.29, 0.717) is 24.2 Å². The molecule has 0 aromatic heterocycles. The summed E-state index contributed by atoms with van der Waals surface area (Å²) in [5, 5.41) is 10.5. The van der Waals surface area contributed by atoms with Crippen molar-refractivity contribution in [3.8, 4) is 5.75 Å². The summed E-state index contributed by atoms with van der Waals surface area (Å²) in [6.07, 6.45) is -0.959. The highest BCUT2D eigenvalue weighted by Gasteiger charge is 2.24. The van der Waals surface area contributed by atoms with Crippen LogP contribution in [0.5, 0.6) is 5.75 Å². The molecule has 0 heterocycles. The van der Waals surface area contributed by atoms with Crippen LogP contribution in [-0.4, -0.2) is 30.9 Å². The zero-order valence-electron chi connectivity index (χ0n) is 13.2. The van der Waals surface area contributed by atoms with E-state index in [-0.39, 0.29) is 5.75 Å². The predicted molar refractivity (Wildman–Crippen MR) is 89.4 cm³/mol. The average molecular weight is 335 g/mol. The minimum absolute atomic E-state index is 0.135. The van der Waals surface area contributed by atoms with E-state index in [1.807, 2.05) is 18.2 Å². The summed E-state index contributed by atoms with van der Waals surface area (Å²) in [5.41, 5.74) is 1.08. The van der Waals surface area contributed by atoms with Crippen LogP contribution in [0.3, 0.4) is 0 Å². The van der Waals surface area contributed by atoms with E-state index in [1.165, 1.54) is 4.31 Å². The van der Waals surface area contributed by atoms with Crippen molar-refractivity contribution in [3.05, 3.63) is 65.7 Å². The Bertz CT molecular complexity index is 727. The van der Waals surface area contributed by atoms with Gasteiger partial charge in [-0.25, -0.2) is 0 Å². The Morgan fingerprint density at radius 3 is 2.17 bits per heavy atom. The molecule has 124 valence electrons. The third-order valence-electron chi connectivity index (χ3n) is 3.55. The highest BCUT2D eigenvalue weighted by molar-refractivity contribution is 7.84. The van der Waals surface area contributed by atoms with Crippen LogP contribution in [-0.2, 0) is 10.3 Å². The monoisotopic (exact) mass is 335 g/mol. The molecular formula is C17H21NO4S. The van der Waals surface area contributed by atoms with E-state index in [9.17, 15) is 13.5 Å². The number of aliphatic hydroxyl groups excluding tert-OH is 1. The molecule has 5 nitrogen and oxygen atoms in total. The van der Waals surface area contributed by atoms with E-state index in [4.69, 9.17) is 4.18 Å². The van der Waals surface area contributed by atoms with Crippen molar-refractivity contribution in [1.29, 1.82) is 0 Å². The molecular weight excluding hydrogens is 314 g/mol. The van der Waals surface area contributed by atoms with Gasteiger partial charge in [0.2, 0.25) is 0 Å². The summed E-state index contributed by atoms with van der Waals surface area (Å²) in [4.78, 5) is 0. The molecule has 1 N–H and O–H groups in total. The minimum Gasteiger partial charge on any atom is -0.384 e. The van der Waals surface area contributed by atoms with Gasteiger partial charge in [-0.2, -0.15) is 12.7 Å². The maximum Gasteiger partial charge on any atom is 0.385 e. The number of rotatable bonds is 7. The standard InChI is InChI=1S/C17H21NO4S/c1-3-18(4-2)23(20,21)22-16-13-9-8-12-15(16)17(19)14-10-6-5-7-11-14/h5-13,17,19H,3-4H2,1-2H3. The van der Waals surface area contributed by atoms with Gasteiger partial charge >= 0.3 is 10.3 Å². The summed E-state index contributed by atoms with van der Waals surface area (Å²) in [6.45, 7) is 4.13. The van der Waals surface area contributed by atoms with Gasteiger partial charge in [0, 0.05) is 18.7 Å². The lowest BCUT2D eigenvalue weighted by atomic mass is 10.0. The fourth-order valence-electron chi connectivity index (χ4n) is 2.30. The molecule has 0 fully saturated rings. The molecule has 2 aromatic carbocycles. The van der Waals surface area contributed by atoms with E-state index in [1.54, 1.807) is 50.2 Å². The number of aliphatic hydroxyl groups is 1. The largest absolute Gasteiger partial charge is 0.385 e. The summed E-state index contributed by atoms with van der Waals surface area (Å²) in [5.74, 6) is 0.135. The van der Waals surface area contributed by atoms with E-state index in [2.05, 4.69) is 0 Å². The van der Waals surface area contributed by atoms with Crippen molar-refractivity contribution in [1.82, 2.24) is 4.31 Å². The molecule has 1 atom stereocenters. The Hall–Kier alpha value is -1.89. The molecule has 0 aliphatic heterocycles. The molecule has 0 amide bonds. The number of benzene rings is 2. The molecule has 6 heteroatoms. The maximum atomic E-state index is 12.3. The van der Waals surface area contributed by atoms with Gasteiger partial charge in [-0.15, -0.1) is 0 Å². The molecule has 0 saturated heterocycles. The second kappa shape index (κ2) is 7.59. The first-order valence-corrected chi connectivity index (χ1v) is 8.87. The Labute approximate surface area is 137 Å². The van der Waals surface area contributed by atoms with Gasteiger partial charge in [0.25, 0.3) is 0 Å². The topological polar surface area (TPSA) is 66.8 Å². The summed E-state index contributed by atoms with van der Waals surface area (Å²) in [7, 11) is -3.89.